The normalized spacial score (nSPS) is 11.7. The van der Waals surface area contributed by atoms with Crippen LogP contribution in [0.1, 0.15) is 31.9 Å². The molecule has 0 saturated heterocycles. The maximum Gasteiger partial charge on any atom is 0.335 e. The van der Waals surface area contributed by atoms with Gasteiger partial charge in [0.1, 0.15) is 10.6 Å². The molecule has 1 aromatic heterocycles. The highest BCUT2D eigenvalue weighted by atomic mass is 32.2. The molecule has 0 radical (unpaired) electrons. The van der Waals surface area contributed by atoms with Gasteiger partial charge in [0, 0.05) is 18.0 Å². The van der Waals surface area contributed by atoms with Gasteiger partial charge < -0.3 is 20.2 Å². The highest BCUT2D eigenvalue weighted by Crippen LogP contribution is 2.36. The number of nitrogens with one attached hydrogen (secondary N) is 1. The van der Waals surface area contributed by atoms with Gasteiger partial charge in [0.15, 0.2) is 5.11 Å². The van der Waals surface area contributed by atoms with Crippen molar-refractivity contribution in [2.75, 3.05) is 13.7 Å². The van der Waals surface area contributed by atoms with Gasteiger partial charge in [-0.15, -0.1) is 0 Å². The summed E-state index contributed by atoms with van der Waals surface area (Å²) in [6.45, 7) is 5.81. The van der Waals surface area contributed by atoms with Crippen molar-refractivity contribution in [3.8, 4) is 5.75 Å². The molecule has 0 aliphatic heterocycles. The fourth-order valence-corrected chi connectivity index (χ4v) is 4.47. The Kier molecular flexibility index (Phi) is 6.35. The second-order valence-electron chi connectivity index (χ2n) is 6.39. The number of furan rings is 1. The minimum Gasteiger partial charge on any atom is -0.492 e. The van der Waals surface area contributed by atoms with Gasteiger partial charge in [-0.1, -0.05) is 19.9 Å². The Balaban J connectivity index is 2.70. The number of nitrogens with two attached hydrogens (primary N) is 1. The zero-order valence-electron chi connectivity index (χ0n) is 16.1. The first-order valence-corrected chi connectivity index (χ1v) is 10.3. The molecule has 0 aliphatic carbocycles. The monoisotopic (exact) mass is 425 g/mol. The number of benzene rings is 1. The van der Waals surface area contributed by atoms with Crippen LogP contribution in [-0.2, 0) is 15.4 Å². The van der Waals surface area contributed by atoms with Crippen LogP contribution in [0.4, 0.5) is 4.79 Å². The molecule has 0 spiro atoms. The number of sulfonamides is 1. The van der Waals surface area contributed by atoms with E-state index >= 15 is 0 Å². The average molecular weight is 426 g/mol. The predicted octanol–water partition coefficient (Wildman–Crippen LogP) is 2.58. The summed E-state index contributed by atoms with van der Waals surface area (Å²) >= 11 is 4.96. The highest BCUT2D eigenvalue weighted by molar-refractivity contribution is 7.92. The zero-order chi connectivity index (χ0) is 21.1. The second kappa shape index (κ2) is 8.19. The zero-order valence-corrected chi connectivity index (χ0v) is 17.7. The molecule has 0 saturated carbocycles. The number of amides is 2. The Labute approximate surface area is 169 Å². The summed E-state index contributed by atoms with van der Waals surface area (Å²) in [5.41, 5.74) is 6.26. The third kappa shape index (κ3) is 3.97. The number of thiocarbonyl (C=S) groups is 1. The molecule has 0 unspecified atom stereocenters. The molecule has 8 nitrogen and oxygen atoms in total. The van der Waals surface area contributed by atoms with Crippen LogP contribution >= 0.6 is 12.2 Å². The molecule has 152 valence electrons. The quantitative estimate of drug-likeness (QED) is 0.684. The number of nitrogens with zero attached hydrogens (tertiary/aromatic N) is 1. The number of ether oxygens (including phenoxy) is 1. The largest absolute Gasteiger partial charge is 0.492 e. The van der Waals surface area contributed by atoms with Gasteiger partial charge in [0.2, 0.25) is 0 Å². The van der Waals surface area contributed by atoms with Crippen LogP contribution in [0.5, 0.6) is 5.75 Å². The van der Waals surface area contributed by atoms with Crippen molar-refractivity contribution in [1.82, 2.24) is 9.62 Å². The van der Waals surface area contributed by atoms with Crippen molar-refractivity contribution in [3.63, 3.8) is 0 Å². The van der Waals surface area contributed by atoms with Crippen molar-refractivity contribution >= 4 is 33.4 Å². The van der Waals surface area contributed by atoms with E-state index in [1.54, 1.807) is 37.6 Å². The Hall–Kier alpha value is -2.59. The number of urea groups is 1. The first-order valence-electron chi connectivity index (χ1n) is 8.43. The van der Waals surface area contributed by atoms with Crippen LogP contribution in [-0.4, -0.2) is 37.5 Å². The van der Waals surface area contributed by atoms with E-state index in [1.807, 2.05) is 13.8 Å². The molecule has 3 N–H and O–H groups in total. The maximum atomic E-state index is 13.2. The molecule has 0 atom stereocenters. The molecule has 1 aromatic carbocycles. The molecule has 1 heterocycles. The molecule has 28 heavy (non-hydrogen) atoms. The van der Waals surface area contributed by atoms with Crippen LogP contribution in [0, 0.1) is 0 Å². The summed E-state index contributed by atoms with van der Waals surface area (Å²) in [7, 11) is -3.01. The van der Waals surface area contributed by atoms with E-state index in [1.165, 1.54) is 13.1 Å². The number of carbonyl (C=O) groups is 1. The first-order chi connectivity index (χ1) is 13.1. The second-order valence-corrected chi connectivity index (χ2v) is 8.54. The topological polar surface area (TPSA) is 115 Å². The van der Waals surface area contributed by atoms with Gasteiger partial charge in [0.25, 0.3) is 10.0 Å². The Morgan fingerprint density at radius 2 is 2.00 bits per heavy atom. The molecule has 0 bridgehead atoms. The van der Waals surface area contributed by atoms with E-state index in [0.717, 1.165) is 5.56 Å². The van der Waals surface area contributed by atoms with Crippen molar-refractivity contribution < 1.29 is 22.4 Å². The molecule has 2 aromatic rings. The molecule has 2 rings (SSSR count). The fraction of sp³-hybridized carbons (Fsp3) is 0.333. The summed E-state index contributed by atoms with van der Waals surface area (Å²) in [6.07, 6.45) is 3.14. The van der Waals surface area contributed by atoms with E-state index in [4.69, 9.17) is 27.1 Å². The van der Waals surface area contributed by atoms with E-state index in [-0.39, 0.29) is 22.4 Å². The summed E-state index contributed by atoms with van der Waals surface area (Å²) < 4.78 is 37.5. The number of rotatable bonds is 6. The van der Waals surface area contributed by atoms with Gasteiger partial charge >= 0.3 is 6.03 Å². The lowest BCUT2D eigenvalue weighted by atomic mass is 9.79. The van der Waals surface area contributed by atoms with Crippen LogP contribution in [0.3, 0.4) is 0 Å². The minimum absolute atomic E-state index is 0.0967. The van der Waals surface area contributed by atoms with Gasteiger partial charge in [-0.05, 0) is 42.9 Å². The smallest absolute Gasteiger partial charge is 0.335 e. The van der Waals surface area contributed by atoms with Crippen molar-refractivity contribution in [3.05, 3.63) is 47.9 Å². The summed E-state index contributed by atoms with van der Waals surface area (Å²) in [6, 6.07) is 5.36. The number of carbonyl (C=O) groups excluding carboxylic acids is 1. The molecular weight excluding hydrogens is 402 g/mol. The van der Waals surface area contributed by atoms with E-state index in [9.17, 15) is 13.2 Å². The third-order valence-electron chi connectivity index (χ3n) is 4.32. The molecule has 10 heteroatoms. The van der Waals surface area contributed by atoms with Gasteiger partial charge in [-0.3, -0.25) is 0 Å². The molecule has 0 fully saturated rings. The van der Waals surface area contributed by atoms with Crippen molar-refractivity contribution in [1.29, 1.82) is 0 Å². The number of primary amides is 1. The summed E-state index contributed by atoms with van der Waals surface area (Å²) in [4.78, 5) is 11.6. The molecule has 0 aliphatic rings. The fourth-order valence-electron chi connectivity index (χ4n) is 2.69. The lowest BCUT2D eigenvalue weighted by molar-refractivity contribution is 0.242. The van der Waals surface area contributed by atoms with Gasteiger partial charge in [-0.2, -0.15) is 4.31 Å². The van der Waals surface area contributed by atoms with Crippen molar-refractivity contribution in [2.24, 2.45) is 5.73 Å². The minimum atomic E-state index is -4.41. The van der Waals surface area contributed by atoms with Crippen LogP contribution in [0.2, 0.25) is 0 Å². The van der Waals surface area contributed by atoms with E-state index in [2.05, 4.69) is 5.32 Å². The first kappa shape index (κ1) is 21.7. The molecular formula is C18H23N3O5S2. The third-order valence-corrected chi connectivity index (χ3v) is 6.55. The highest BCUT2D eigenvalue weighted by Gasteiger charge is 2.35. The van der Waals surface area contributed by atoms with Crippen LogP contribution in [0.15, 0.2) is 46.1 Å². The van der Waals surface area contributed by atoms with Crippen LogP contribution in [0.25, 0.3) is 0 Å². The van der Waals surface area contributed by atoms with Gasteiger partial charge in [-0.25, -0.2) is 13.2 Å². The van der Waals surface area contributed by atoms with E-state index < -0.39 is 21.5 Å². The summed E-state index contributed by atoms with van der Waals surface area (Å²) in [5.74, 6) is 0.0967. The van der Waals surface area contributed by atoms with E-state index in [0.29, 0.717) is 9.87 Å². The average Bonchev–Trinajstić information content (AvgIpc) is 3.17. The summed E-state index contributed by atoms with van der Waals surface area (Å²) in [5, 5.41) is 2.13. The Morgan fingerprint density at radius 1 is 1.32 bits per heavy atom. The Bertz CT molecular complexity index is 969. The Morgan fingerprint density at radius 3 is 2.50 bits per heavy atom. The molecule has 2 amide bonds. The SMILES string of the molecule is CCOc1ccc(C(C)(C)c2ccoc2)cc1S(=O)(=O)N(C(N)=O)C(=S)NC. The lowest BCUT2D eigenvalue weighted by Crippen LogP contribution is -2.48. The van der Waals surface area contributed by atoms with Gasteiger partial charge in [0.05, 0.1) is 19.1 Å². The number of hydrogen-bond acceptors (Lipinski definition) is 6. The van der Waals surface area contributed by atoms with Crippen LogP contribution < -0.4 is 15.8 Å². The maximum absolute atomic E-state index is 13.2. The van der Waals surface area contributed by atoms with Crippen molar-refractivity contribution in [2.45, 2.75) is 31.1 Å². The standard InChI is InChI=1S/C18H23N3O5S2/c1-5-26-14-7-6-12(18(2,3)13-8-9-25-11-13)10-15(14)28(23,24)21(16(19)22)17(27)20-4/h6-11H,5H2,1-4H3,(H2,19,22)(H,20,27). The number of hydrogen-bond donors (Lipinski definition) is 2. The lowest BCUT2D eigenvalue weighted by Gasteiger charge is -2.27. The predicted molar refractivity (Wildman–Crippen MR) is 109 cm³/mol.